The zero-order chi connectivity index (χ0) is 21.2. The van der Waals surface area contributed by atoms with E-state index in [4.69, 9.17) is 4.74 Å². The average Bonchev–Trinajstić information content (AvgIpc) is 3.54. The molecule has 1 unspecified atom stereocenters. The lowest BCUT2D eigenvalue weighted by molar-refractivity contribution is 0.0940. The molecule has 0 spiro atoms. The summed E-state index contributed by atoms with van der Waals surface area (Å²) < 4.78 is 7.16. The number of ether oxygens (including phenoxy) is 1. The van der Waals surface area contributed by atoms with Gasteiger partial charge in [0, 0.05) is 49.5 Å². The van der Waals surface area contributed by atoms with E-state index in [0.717, 1.165) is 45.6 Å². The van der Waals surface area contributed by atoms with E-state index < -0.39 is 0 Å². The maximum atomic E-state index is 12.7. The Labute approximate surface area is 184 Å². The first-order valence-electron chi connectivity index (χ1n) is 10.3. The van der Waals surface area contributed by atoms with E-state index in [2.05, 4.69) is 32.5 Å². The van der Waals surface area contributed by atoms with E-state index in [1.54, 1.807) is 16.0 Å². The van der Waals surface area contributed by atoms with Crippen LogP contribution in [0.5, 0.6) is 0 Å². The van der Waals surface area contributed by atoms with Crippen LogP contribution in [-0.4, -0.2) is 45.4 Å². The van der Waals surface area contributed by atoms with Crippen LogP contribution in [0, 0.1) is 5.92 Å². The number of fused-ring (bicyclic) bond motifs is 1. The standard InChI is InChI=1S/C23H23N5O2S/c1-28-13-18(12-26-28)20-3-2-15(10-24-20)8-17-9-21(27-23-19(17)5-7-31-23)22(29)25-11-16-4-6-30-14-16/h2-3,5,7,9-10,12-13,16H,4,6,8,11,14H2,1H3,(H,25,29). The van der Waals surface area contributed by atoms with Gasteiger partial charge in [-0.15, -0.1) is 11.3 Å². The van der Waals surface area contributed by atoms with Gasteiger partial charge in [-0.3, -0.25) is 14.5 Å². The van der Waals surface area contributed by atoms with Crippen LogP contribution >= 0.6 is 11.3 Å². The molecule has 0 aromatic carbocycles. The number of hydrogen-bond donors (Lipinski definition) is 1. The molecule has 0 saturated carbocycles. The van der Waals surface area contributed by atoms with E-state index >= 15 is 0 Å². The lowest BCUT2D eigenvalue weighted by Gasteiger charge is -2.11. The van der Waals surface area contributed by atoms with Gasteiger partial charge in [-0.1, -0.05) is 6.07 Å². The highest BCUT2D eigenvalue weighted by Crippen LogP contribution is 2.26. The zero-order valence-corrected chi connectivity index (χ0v) is 18.1. The second-order valence-corrected chi connectivity index (χ2v) is 8.77. The minimum absolute atomic E-state index is 0.131. The third-order valence-corrected chi connectivity index (χ3v) is 6.36. The average molecular weight is 434 g/mol. The topological polar surface area (TPSA) is 81.9 Å². The van der Waals surface area contributed by atoms with Gasteiger partial charge < -0.3 is 10.1 Å². The summed E-state index contributed by atoms with van der Waals surface area (Å²) in [5.74, 6) is 0.256. The van der Waals surface area contributed by atoms with E-state index in [1.807, 2.05) is 43.2 Å². The van der Waals surface area contributed by atoms with Crippen molar-refractivity contribution in [3.63, 3.8) is 0 Å². The Morgan fingerprint density at radius 2 is 2.26 bits per heavy atom. The molecule has 1 atom stereocenters. The lowest BCUT2D eigenvalue weighted by atomic mass is 10.0. The van der Waals surface area contributed by atoms with Gasteiger partial charge in [0.05, 0.1) is 18.5 Å². The van der Waals surface area contributed by atoms with E-state index in [0.29, 0.717) is 31.2 Å². The van der Waals surface area contributed by atoms with Crippen molar-refractivity contribution >= 4 is 27.5 Å². The van der Waals surface area contributed by atoms with Crippen molar-refractivity contribution in [3.8, 4) is 11.3 Å². The van der Waals surface area contributed by atoms with E-state index in [1.165, 1.54) is 0 Å². The van der Waals surface area contributed by atoms with Crippen LogP contribution in [0.2, 0.25) is 0 Å². The molecule has 5 rings (SSSR count). The van der Waals surface area contributed by atoms with Gasteiger partial charge >= 0.3 is 0 Å². The Morgan fingerprint density at radius 3 is 3.00 bits per heavy atom. The molecule has 158 valence electrons. The van der Waals surface area contributed by atoms with E-state index in [9.17, 15) is 4.79 Å². The maximum absolute atomic E-state index is 12.7. The number of nitrogens with zero attached hydrogens (tertiary/aromatic N) is 4. The van der Waals surface area contributed by atoms with Gasteiger partial charge in [0.25, 0.3) is 5.91 Å². The number of thiophene rings is 1. The predicted molar refractivity (Wildman–Crippen MR) is 120 cm³/mol. The van der Waals surface area contributed by atoms with E-state index in [-0.39, 0.29) is 5.91 Å². The molecule has 1 saturated heterocycles. The highest BCUT2D eigenvalue weighted by molar-refractivity contribution is 7.16. The first-order chi connectivity index (χ1) is 15.2. The van der Waals surface area contributed by atoms with Crippen LogP contribution in [0.25, 0.3) is 21.5 Å². The fraction of sp³-hybridized carbons (Fsp3) is 0.304. The molecule has 31 heavy (non-hydrogen) atoms. The second-order valence-electron chi connectivity index (χ2n) is 7.88. The molecule has 1 aliphatic heterocycles. The maximum Gasteiger partial charge on any atom is 0.269 e. The molecule has 0 bridgehead atoms. The lowest BCUT2D eigenvalue weighted by Crippen LogP contribution is -2.30. The third kappa shape index (κ3) is 4.35. The van der Waals surface area contributed by atoms with Crippen LogP contribution < -0.4 is 5.32 Å². The molecule has 4 aromatic rings. The molecule has 1 aliphatic rings. The SMILES string of the molecule is Cn1cc(-c2ccc(Cc3cc(C(=O)NCC4CCOC4)nc4sccc34)cn2)cn1. The molecular weight excluding hydrogens is 410 g/mol. The summed E-state index contributed by atoms with van der Waals surface area (Å²) in [4.78, 5) is 22.8. The molecule has 1 fully saturated rings. The largest absolute Gasteiger partial charge is 0.381 e. The van der Waals surface area contributed by atoms with Crippen LogP contribution in [0.4, 0.5) is 0 Å². The molecule has 7 nitrogen and oxygen atoms in total. The smallest absolute Gasteiger partial charge is 0.269 e. The van der Waals surface area contributed by atoms with Gasteiger partial charge in [-0.05, 0) is 47.5 Å². The molecule has 0 radical (unpaired) electrons. The van der Waals surface area contributed by atoms with Gasteiger partial charge in [-0.25, -0.2) is 4.98 Å². The first-order valence-corrected chi connectivity index (χ1v) is 11.2. The summed E-state index contributed by atoms with van der Waals surface area (Å²) in [6, 6.07) is 8.06. The van der Waals surface area contributed by atoms with Crippen molar-refractivity contribution < 1.29 is 9.53 Å². The fourth-order valence-electron chi connectivity index (χ4n) is 3.82. The number of carbonyl (C=O) groups excluding carboxylic acids is 1. The normalized spacial score (nSPS) is 16.1. The highest BCUT2D eigenvalue weighted by Gasteiger charge is 2.18. The van der Waals surface area contributed by atoms with Gasteiger partial charge in [0.1, 0.15) is 10.5 Å². The number of pyridine rings is 2. The quantitative estimate of drug-likeness (QED) is 0.504. The minimum Gasteiger partial charge on any atom is -0.381 e. The number of amides is 1. The number of carbonyl (C=O) groups is 1. The number of hydrogen-bond acceptors (Lipinski definition) is 6. The van der Waals surface area contributed by atoms with Crippen molar-refractivity contribution in [2.45, 2.75) is 12.8 Å². The molecule has 4 aromatic heterocycles. The number of rotatable bonds is 6. The zero-order valence-electron chi connectivity index (χ0n) is 17.2. The predicted octanol–water partition coefficient (Wildman–Crippen LogP) is 3.45. The Hall–Kier alpha value is -3.10. The summed E-state index contributed by atoms with van der Waals surface area (Å²) in [6.07, 6.45) is 7.32. The monoisotopic (exact) mass is 433 g/mol. The van der Waals surface area contributed by atoms with Crippen molar-refractivity contribution in [3.05, 3.63) is 65.1 Å². The summed E-state index contributed by atoms with van der Waals surface area (Å²) in [5, 5.41) is 10.3. The summed E-state index contributed by atoms with van der Waals surface area (Å²) >= 11 is 1.55. The molecule has 8 heteroatoms. The molecular formula is C23H23N5O2S. The number of aromatic nitrogens is 4. The molecule has 0 aliphatic carbocycles. The van der Waals surface area contributed by atoms with Crippen molar-refractivity contribution in [1.82, 2.24) is 25.1 Å². The van der Waals surface area contributed by atoms with Crippen LogP contribution in [0.1, 0.15) is 28.0 Å². The Bertz CT molecular complexity index is 1210. The van der Waals surface area contributed by atoms with Gasteiger partial charge in [0.15, 0.2) is 0 Å². The van der Waals surface area contributed by atoms with Gasteiger partial charge in [-0.2, -0.15) is 5.10 Å². The molecule has 5 heterocycles. The van der Waals surface area contributed by atoms with Crippen LogP contribution in [-0.2, 0) is 18.2 Å². The molecule has 1 N–H and O–H groups in total. The first kappa shape index (κ1) is 19.8. The fourth-order valence-corrected chi connectivity index (χ4v) is 4.63. The molecule has 1 amide bonds. The van der Waals surface area contributed by atoms with Crippen LogP contribution in [0.3, 0.4) is 0 Å². The third-order valence-electron chi connectivity index (χ3n) is 5.55. The Kier molecular flexibility index (Phi) is 5.48. The summed E-state index contributed by atoms with van der Waals surface area (Å²) in [6.45, 7) is 2.11. The highest BCUT2D eigenvalue weighted by atomic mass is 32.1. The second kappa shape index (κ2) is 8.56. The minimum atomic E-state index is -0.131. The van der Waals surface area contributed by atoms with Crippen molar-refractivity contribution in [2.24, 2.45) is 13.0 Å². The summed E-state index contributed by atoms with van der Waals surface area (Å²) in [5.41, 5.74) is 4.51. The Balaban J connectivity index is 1.36. The summed E-state index contributed by atoms with van der Waals surface area (Å²) in [7, 11) is 1.89. The van der Waals surface area contributed by atoms with Crippen LogP contribution in [0.15, 0.2) is 48.2 Å². The Morgan fingerprint density at radius 1 is 1.32 bits per heavy atom. The number of nitrogens with one attached hydrogen (secondary N) is 1. The van der Waals surface area contributed by atoms with Gasteiger partial charge in [0.2, 0.25) is 0 Å². The number of aryl methyl sites for hydroxylation is 1. The van der Waals surface area contributed by atoms with Crippen molar-refractivity contribution in [1.29, 1.82) is 0 Å². The van der Waals surface area contributed by atoms with Crippen molar-refractivity contribution in [2.75, 3.05) is 19.8 Å².